The van der Waals surface area contributed by atoms with Gasteiger partial charge in [0.05, 0.1) is 0 Å². The van der Waals surface area contributed by atoms with Crippen molar-refractivity contribution in [2.45, 2.75) is 17.9 Å². The highest BCUT2D eigenvalue weighted by Gasteiger charge is 2.49. The second-order valence-electron chi connectivity index (χ2n) is 9.48. The van der Waals surface area contributed by atoms with Gasteiger partial charge in [0.25, 0.3) is 0 Å². The van der Waals surface area contributed by atoms with Gasteiger partial charge >= 0.3 is 0 Å². The third kappa shape index (κ3) is 3.42. The lowest BCUT2D eigenvalue weighted by atomic mass is 9.79. The molecule has 0 radical (unpaired) electrons. The van der Waals surface area contributed by atoms with Gasteiger partial charge in [0.2, 0.25) is 0 Å². The van der Waals surface area contributed by atoms with Crippen LogP contribution in [0.5, 0.6) is 0 Å². The van der Waals surface area contributed by atoms with E-state index >= 15 is 0 Å². The molecule has 33 heavy (non-hydrogen) atoms. The smallest absolute Gasteiger partial charge is 0.120 e. The average molecular weight is 432 g/mol. The van der Waals surface area contributed by atoms with E-state index in [1.165, 1.54) is 22.3 Å². The summed E-state index contributed by atoms with van der Waals surface area (Å²) in [5.41, 5.74) is 6.28. The quantitative estimate of drug-likeness (QED) is 0.415. The van der Waals surface area contributed by atoms with Gasteiger partial charge in [0.15, 0.2) is 0 Å². The molecular weight excluding hydrogens is 402 g/mol. The first-order chi connectivity index (χ1) is 16.2. The molecule has 1 atom stereocenters. The molecule has 0 aromatic heterocycles. The highest BCUT2D eigenvalue weighted by atomic mass is 16.3. The molecule has 0 bridgehead atoms. The van der Waals surface area contributed by atoms with Crippen molar-refractivity contribution < 1.29 is 5.11 Å². The lowest BCUT2D eigenvalue weighted by Crippen LogP contribution is -2.37. The van der Waals surface area contributed by atoms with E-state index in [-0.39, 0.29) is 5.92 Å². The van der Waals surface area contributed by atoms with Crippen molar-refractivity contribution in [3.63, 3.8) is 0 Å². The zero-order chi connectivity index (χ0) is 22.3. The van der Waals surface area contributed by atoms with Crippen molar-refractivity contribution in [3.05, 3.63) is 131 Å². The van der Waals surface area contributed by atoms with Crippen LogP contribution in [0.4, 0.5) is 0 Å². The van der Waals surface area contributed by atoms with E-state index in [1.807, 2.05) is 0 Å². The Labute approximate surface area is 196 Å². The van der Waals surface area contributed by atoms with Crippen molar-refractivity contribution in [1.82, 2.24) is 4.90 Å². The Bertz CT molecular complexity index is 1170. The molecule has 1 heterocycles. The van der Waals surface area contributed by atoms with Crippen LogP contribution in [-0.4, -0.2) is 29.6 Å². The Morgan fingerprint density at radius 1 is 0.697 bits per heavy atom. The van der Waals surface area contributed by atoms with E-state index in [0.717, 1.165) is 37.2 Å². The molecule has 164 valence electrons. The van der Waals surface area contributed by atoms with Crippen LogP contribution in [0.15, 0.2) is 109 Å². The number of aliphatic hydroxyl groups is 1. The first kappa shape index (κ1) is 20.4. The molecule has 1 fully saturated rings. The molecule has 2 nitrogen and oxygen atoms in total. The van der Waals surface area contributed by atoms with Crippen molar-refractivity contribution in [1.29, 1.82) is 0 Å². The largest absolute Gasteiger partial charge is 0.380 e. The van der Waals surface area contributed by atoms with E-state index in [2.05, 4.69) is 114 Å². The van der Waals surface area contributed by atoms with Crippen molar-refractivity contribution in [2.75, 3.05) is 19.6 Å². The summed E-state index contributed by atoms with van der Waals surface area (Å²) in [7, 11) is 0. The van der Waals surface area contributed by atoms with Crippen molar-refractivity contribution in [2.24, 2.45) is 5.92 Å². The van der Waals surface area contributed by atoms with Crippen LogP contribution < -0.4 is 0 Å². The Hall–Kier alpha value is -3.20. The summed E-state index contributed by atoms with van der Waals surface area (Å²) in [5, 5.41) is 12.3. The molecule has 1 aliphatic heterocycles. The molecule has 1 N–H and O–H groups in total. The summed E-state index contributed by atoms with van der Waals surface area (Å²) in [6.45, 7) is 2.87. The summed E-state index contributed by atoms with van der Waals surface area (Å²) < 4.78 is 0. The fraction of sp³-hybridized carbons (Fsp3) is 0.226. The van der Waals surface area contributed by atoms with Gasteiger partial charge in [-0.15, -0.1) is 0 Å². The maximum atomic E-state index is 12.3. The standard InChI is InChI=1S/C31H29NO/c33-31(29-17-9-7-15-26(29)27-16-8-10-18-30(27)31)25-19-20-32(21-25)22-28(23-11-3-1-4-12-23)24-13-5-2-6-14-24/h1-18,25,28,33H,19-22H2. The summed E-state index contributed by atoms with van der Waals surface area (Å²) in [6, 6.07) is 38.5. The highest BCUT2D eigenvalue weighted by Crippen LogP contribution is 2.53. The van der Waals surface area contributed by atoms with Gasteiger partial charge in [0, 0.05) is 24.9 Å². The van der Waals surface area contributed by atoms with E-state index < -0.39 is 5.60 Å². The van der Waals surface area contributed by atoms with Gasteiger partial charge in [0.1, 0.15) is 5.60 Å². The molecular formula is C31H29NO. The average Bonchev–Trinajstić information content (AvgIpc) is 3.46. The molecule has 0 amide bonds. The summed E-state index contributed by atoms with van der Waals surface area (Å²) in [5.74, 6) is 0.499. The summed E-state index contributed by atoms with van der Waals surface area (Å²) in [6.07, 6.45) is 0.996. The van der Waals surface area contributed by atoms with Crippen LogP contribution in [0.25, 0.3) is 11.1 Å². The third-order valence-corrected chi connectivity index (χ3v) is 7.67. The van der Waals surface area contributed by atoms with Gasteiger partial charge in [-0.3, -0.25) is 0 Å². The zero-order valence-electron chi connectivity index (χ0n) is 18.8. The second kappa shape index (κ2) is 8.30. The Balaban J connectivity index is 1.30. The molecule has 0 saturated carbocycles. The van der Waals surface area contributed by atoms with E-state index in [0.29, 0.717) is 5.92 Å². The second-order valence-corrected chi connectivity index (χ2v) is 9.48. The lowest BCUT2D eigenvalue weighted by Gasteiger charge is -2.33. The number of benzene rings is 4. The normalized spacial score (nSPS) is 18.9. The van der Waals surface area contributed by atoms with Gasteiger partial charge < -0.3 is 10.0 Å². The molecule has 1 unspecified atom stereocenters. The molecule has 4 aromatic carbocycles. The molecule has 2 aliphatic rings. The minimum Gasteiger partial charge on any atom is -0.380 e. The van der Waals surface area contributed by atoms with Crippen LogP contribution >= 0.6 is 0 Å². The van der Waals surface area contributed by atoms with Crippen LogP contribution in [0.1, 0.15) is 34.6 Å². The SMILES string of the molecule is OC1(C2CCN(CC(c3ccccc3)c3ccccc3)C2)c2ccccc2-c2ccccc21. The number of rotatable bonds is 5. The predicted molar refractivity (Wildman–Crippen MR) is 134 cm³/mol. The van der Waals surface area contributed by atoms with Crippen LogP contribution in [0, 0.1) is 5.92 Å². The molecule has 1 aliphatic carbocycles. The van der Waals surface area contributed by atoms with E-state index in [4.69, 9.17) is 0 Å². The first-order valence-electron chi connectivity index (χ1n) is 12.0. The Kier molecular flexibility index (Phi) is 5.13. The van der Waals surface area contributed by atoms with Gasteiger partial charge in [-0.05, 0) is 46.3 Å². The van der Waals surface area contributed by atoms with Crippen molar-refractivity contribution >= 4 is 0 Å². The van der Waals surface area contributed by atoms with Crippen LogP contribution in [0.3, 0.4) is 0 Å². The topological polar surface area (TPSA) is 23.5 Å². The third-order valence-electron chi connectivity index (χ3n) is 7.67. The number of fused-ring (bicyclic) bond motifs is 3. The maximum absolute atomic E-state index is 12.3. The zero-order valence-corrected chi connectivity index (χ0v) is 18.8. The number of likely N-dealkylation sites (tertiary alicyclic amines) is 1. The van der Waals surface area contributed by atoms with Crippen molar-refractivity contribution in [3.8, 4) is 11.1 Å². The maximum Gasteiger partial charge on any atom is 0.120 e. The summed E-state index contributed by atoms with van der Waals surface area (Å²) >= 11 is 0. The Morgan fingerprint density at radius 2 is 1.18 bits per heavy atom. The molecule has 4 aromatic rings. The van der Waals surface area contributed by atoms with E-state index in [1.54, 1.807) is 0 Å². The number of hydrogen-bond acceptors (Lipinski definition) is 2. The van der Waals surface area contributed by atoms with Gasteiger partial charge in [-0.2, -0.15) is 0 Å². The lowest BCUT2D eigenvalue weighted by molar-refractivity contribution is 0.0241. The molecule has 2 heteroatoms. The predicted octanol–water partition coefficient (Wildman–Crippen LogP) is 6.06. The fourth-order valence-electron chi connectivity index (χ4n) is 6.06. The summed E-state index contributed by atoms with van der Waals surface area (Å²) in [4.78, 5) is 2.55. The molecule has 6 rings (SSSR count). The molecule has 1 saturated heterocycles. The monoisotopic (exact) mass is 431 g/mol. The van der Waals surface area contributed by atoms with Gasteiger partial charge in [-0.1, -0.05) is 109 Å². The minimum absolute atomic E-state index is 0.175. The Morgan fingerprint density at radius 3 is 1.73 bits per heavy atom. The van der Waals surface area contributed by atoms with Crippen LogP contribution in [0.2, 0.25) is 0 Å². The first-order valence-corrected chi connectivity index (χ1v) is 12.0. The molecule has 0 spiro atoms. The minimum atomic E-state index is -0.920. The fourth-order valence-corrected chi connectivity index (χ4v) is 6.06. The van der Waals surface area contributed by atoms with Gasteiger partial charge in [-0.25, -0.2) is 0 Å². The highest BCUT2D eigenvalue weighted by molar-refractivity contribution is 5.80. The van der Waals surface area contributed by atoms with E-state index in [9.17, 15) is 5.11 Å². The number of hydrogen-bond donors (Lipinski definition) is 1. The van der Waals surface area contributed by atoms with Crippen LogP contribution in [-0.2, 0) is 5.60 Å². The number of nitrogens with zero attached hydrogens (tertiary/aromatic N) is 1.